The van der Waals surface area contributed by atoms with Crippen LogP contribution in [-0.4, -0.2) is 28.6 Å². The summed E-state index contributed by atoms with van der Waals surface area (Å²) in [6.07, 6.45) is 3.80. The molecule has 1 fully saturated rings. The van der Waals surface area contributed by atoms with Crippen LogP contribution in [0.4, 0.5) is 0 Å². The highest BCUT2D eigenvalue weighted by atomic mass is 32.2. The van der Waals surface area contributed by atoms with Gasteiger partial charge in [-0.05, 0) is 12.3 Å². The average molecular weight is 233 g/mol. The molecule has 0 aliphatic carbocycles. The Bertz CT molecular complexity index is 142. The lowest BCUT2D eigenvalue weighted by molar-refractivity contribution is 0.408. The van der Waals surface area contributed by atoms with Gasteiger partial charge in [0.15, 0.2) is 0 Å². The van der Waals surface area contributed by atoms with Crippen molar-refractivity contribution in [3.8, 4) is 0 Å². The molecule has 14 heavy (non-hydrogen) atoms. The lowest BCUT2D eigenvalue weighted by Gasteiger charge is -2.29. The third-order valence-electron chi connectivity index (χ3n) is 3.08. The lowest BCUT2D eigenvalue weighted by Crippen LogP contribution is -2.37. The number of thioether (sulfide) groups is 2. The number of hydrogen-bond acceptors (Lipinski definition) is 3. The molecule has 0 spiro atoms. The third kappa shape index (κ3) is 4.03. The Balaban J connectivity index is 2.27. The van der Waals surface area contributed by atoms with Crippen molar-refractivity contribution in [1.29, 1.82) is 0 Å². The molecule has 0 aromatic carbocycles. The lowest BCUT2D eigenvalue weighted by atomic mass is 9.94. The minimum atomic E-state index is 0.428. The quantitative estimate of drug-likeness (QED) is 0.790. The van der Waals surface area contributed by atoms with Gasteiger partial charge in [-0.15, -0.1) is 0 Å². The van der Waals surface area contributed by atoms with Crippen LogP contribution < -0.4 is 5.73 Å². The summed E-state index contributed by atoms with van der Waals surface area (Å²) >= 11 is 4.16. The van der Waals surface area contributed by atoms with E-state index in [0.29, 0.717) is 11.3 Å². The van der Waals surface area contributed by atoms with E-state index >= 15 is 0 Å². The maximum atomic E-state index is 6.27. The molecule has 1 heterocycles. The molecule has 0 bridgehead atoms. The minimum absolute atomic E-state index is 0.428. The molecule has 1 aliphatic rings. The maximum Gasteiger partial charge on any atom is 0.0289 e. The van der Waals surface area contributed by atoms with Gasteiger partial charge in [-0.2, -0.15) is 23.5 Å². The van der Waals surface area contributed by atoms with Gasteiger partial charge in [0.05, 0.1) is 0 Å². The molecular formula is C11H23NS2. The van der Waals surface area contributed by atoms with Crippen molar-refractivity contribution in [1.82, 2.24) is 0 Å². The van der Waals surface area contributed by atoms with Crippen LogP contribution in [-0.2, 0) is 0 Å². The summed E-state index contributed by atoms with van der Waals surface area (Å²) < 4.78 is 0. The molecular weight excluding hydrogens is 210 g/mol. The first-order chi connectivity index (χ1) is 6.77. The summed E-state index contributed by atoms with van der Waals surface area (Å²) in [5.74, 6) is 4.73. The van der Waals surface area contributed by atoms with Crippen molar-refractivity contribution >= 4 is 23.5 Å². The Kier molecular flexibility index (Phi) is 6.38. The normalized spacial score (nSPS) is 25.3. The first-order valence-electron chi connectivity index (χ1n) is 5.72. The molecule has 0 saturated carbocycles. The third-order valence-corrected chi connectivity index (χ3v) is 6.02. The smallest absolute Gasteiger partial charge is 0.0289 e. The highest BCUT2D eigenvalue weighted by Gasteiger charge is 2.23. The molecule has 84 valence electrons. The zero-order valence-corrected chi connectivity index (χ0v) is 11.0. The first-order valence-corrected chi connectivity index (χ1v) is 7.93. The Labute approximate surface area is 97.0 Å². The van der Waals surface area contributed by atoms with E-state index < -0.39 is 0 Å². The molecule has 2 N–H and O–H groups in total. The minimum Gasteiger partial charge on any atom is -0.327 e. The van der Waals surface area contributed by atoms with E-state index in [2.05, 4.69) is 37.4 Å². The van der Waals surface area contributed by atoms with Crippen LogP contribution >= 0.6 is 23.5 Å². The van der Waals surface area contributed by atoms with Gasteiger partial charge >= 0.3 is 0 Å². The predicted molar refractivity (Wildman–Crippen MR) is 70.2 cm³/mol. The van der Waals surface area contributed by atoms with Gasteiger partial charge in [-0.3, -0.25) is 0 Å². The number of nitrogens with two attached hydrogens (primary N) is 1. The molecule has 1 rings (SSSR count). The van der Waals surface area contributed by atoms with Gasteiger partial charge in [0.2, 0.25) is 0 Å². The second kappa shape index (κ2) is 7.02. The first kappa shape index (κ1) is 12.7. The molecule has 0 aromatic heterocycles. The van der Waals surface area contributed by atoms with E-state index in [9.17, 15) is 0 Å². The highest BCUT2D eigenvalue weighted by molar-refractivity contribution is 8.06. The van der Waals surface area contributed by atoms with E-state index in [4.69, 9.17) is 5.73 Å². The number of rotatable bonds is 5. The van der Waals surface area contributed by atoms with Crippen LogP contribution in [0.25, 0.3) is 0 Å². The van der Waals surface area contributed by atoms with E-state index in [1.54, 1.807) is 0 Å². The van der Waals surface area contributed by atoms with E-state index in [1.165, 1.54) is 36.5 Å². The predicted octanol–water partition coefficient (Wildman–Crippen LogP) is 2.99. The van der Waals surface area contributed by atoms with Crippen molar-refractivity contribution in [2.45, 2.75) is 44.4 Å². The average Bonchev–Trinajstić information content (AvgIpc) is 2.26. The Morgan fingerprint density at radius 1 is 1.29 bits per heavy atom. The number of hydrogen-bond donors (Lipinski definition) is 1. The van der Waals surface area contributed by atoms with Gasteiger partial charge in [0.25, 0.3) is 0 Å². The van der Waals surface area contributed by atoms with Gasteiger partial charge < -0.3 is 5.73 Å². The van der Waals surface area contributed by atoms with E-state index in [-0.39, 0.29) is 0 Å². The van der Waals surface area contributed by atoms with Crippen LogP contribution in [0.2, 0.25) is 0 Å². The second-order valence-electron chi connectivity index (χ2n) is 4.07. The van der Waals surface area contributed by atoms with Crippen molar-refractivity contribution in [3.05, 3.63) is 0 Å². The highest BCUT2D eigenvalue weighted by Crippen LogP contribution is 2.28. The van der Waals surface area contributed by atoms with Crippen LogP contribution in [0.5, 0.6) is 0 Å². The monoisotopic (exact) mass is 233 g/mol. The fraction of sp³-hybridized carbons (Fsp3) is 1.00. The topological polar surface area (TPSA) is 26.0 Å². The summed E-state index contributed by atoms with van der Waals surface area (Å²) in [5, 5.41) is 0.717. The maximum absolute atomic E-state index is 6.27. The molecule has 1 aliphatic heterocycles. The van der Waals surface area contributed by atoms with Crippen molar-refractivity contribution in [3.63, 3.8) is 0 Å². The molecule has 3 heteroatoms. The fourth-order valence-corrected chi connectivity index (χ4v) is 4.75. The van der Waals surface area contributed by atoms with E-state index in [1.807, 2.05) is 0 Å². The molecule has 1 nitrogen and oxygen atoms in total. The summed E-state index contributed by atoms with van der Waals surface area (Å²) in [6, 6.07) is 0.428. The fourth-order valence-electron chi connectivity index (χ4n) is 1.91. The van der Waals surface area contributed by atoms with Crippen LogP contribution in [0, 0.1) is 5.92 Å². The Morgan fingerprint density at radius 3 is 2.50 bits per heavy atom. The van der Waals surface area contributed by atoms with Gasteiger partial charge in [0.1, 0.15) is 0 Å². The van der Waals surface area contributed by atoms with Crippen LogP contribution in [0.3, 0.4) is 0 Å². The van der Waals surface area contributed by atoms with Crippen molar-refractivity contribution < 1.29 is 0 Å². The van der Waals surface area contributed by atoms with Crippen molar-refractivity contribution in [2.24, 2.45) is 11.7 Å². The molecule has 0 radical (unpaired) electrons. The summed E-state index contributed by atoms with van der Waals surface area (Å²) in [5.41, 5.74) is 6.27. The molecule has 2 atom stereocenters. The molecule has 1 saturated heterocycles. The van der Waals surface area contributed by atoms with Gasteiger partial charge in [-0.25, -0.2) is 0 Å². The van der Waals surface area contributed by atoms with E-state index in [0.717, 1.165) is 5.92 Å². The van der Waals surface area contributed by atoms with Gasteiger partial charge in [-0.1, -0.05) is 26.7 Å². The standard InChI is InChI=1S/C11H23NS2/c1-3-9(4-2)7-10(12)11-8-13-5-6-14-11/h9-11H,3-8,12H2,1-2H3. The SMILES string of the molecule is CCC(CC)CC(N)C1CSCCS1. The zero-order chi connectivity index (χ0) is 10.4. The van der Waals surface area contributed by atoms with Crippen LogP contribution in [0.15, 0.2) is 0 Å². The Hall–Kier alpha value is 0.660. The Morgan fingerprint density at radius 2 is 2.00 bits per heavy atom. The molecule has 0 aromatic rings. The zero-order valence-electron chi connectivity index (χ0n) is 9.37. The van der Waals surface area contributed by atoms with Gasteiger partial charge in [0, 0.05) is 28.6 Å². The largest absolute Gasteiger partial charge is 0.327 e. The molecule has 0 amide bonds. The summed E-state index contributed by atoms with van der Waals surface area (Å²) in [6.45, 7) is 4.56. The second-order valence-corrected chi connectivity index (χ2v) is 6.56. The summed E-state index contributed by atoms with van der Waals surface area (Å²) in [7, 11) is 0. The molecule has 2 unspecified atom stereocenters. The van der Waals surface area contributed by atoms with Crippen molar-refractivity contribution in [2.75, 3.05) is 17.3 Å². The van der Waals surface area contributed by atoms with Crippen LogP contribution in [0.1, 0.15) is 33.1 Å². The summed E-state index contributed by atoms with van der Waals surface area (Å²) in [4.78, 5) is 0.